The molecule has 0 aliphatic carbocycles. The van der Waals surface area contributed by atoms with E-state index in [9.17, 15) is 13.2 Å². The summed E-state index contributed by atoms with van der Waals surface area (Å²) in [5.74, 6) is 0. The van der Waals surface area contributed by atoms with Crippen molar-refractivity contribution < 1.29 is 17.9 Å². The molecule has 4 rings (SSSR count). The normalized spacial score (nSPS) is 13.8. The summed E-state index contributed by atoms with van der Waals surface area (Å²) >= 11 is 0. The highest BCUT2D eigenvalue weighted by molar-refractivity contribution is 7.92. The van der Waals surface area contributed by atoms with E-state index in [1.54, 1.807) is 35.2 Å². The van der Waals surface area contributed by atoms with Gasteiger partial charge in [0.1, 0.15) is 0 Å². The van der Waals surface area contributed by atoms with Gasteiger partial charge in [0, 0.05) is 18.8 Å². The molecule has 0 fully saturated rings. The number of nitrogens with one attached hydrogen (secondary N) is 1. The molecule has 0 saturated carbocycles. The second-order valence-electron chi connectivity index (χ2n) is 6.74. The zero-order chi connectivity index (χ0) is 19.7. The third kappa shape index (κ3) is 3.53. The Morgan fingerprint density at radius 3 is 2.57 bits per heavy atom. The van der Waals surface area contributed by atoms with Gasteiger partial charge in [-0.05, 0) is 52.6 Å². The lowest BCUT2D eigenvalue weighted by Gasteiger charge is -2.28. The fourth-order valence-corrected chi connectivity index (χ4v) is 4.54. The maximum absolute atomic E-state index is 12.8. The number of ether oxygens (including phenoxy) is 1. The van der Waals surface area contributed by atoms with Gasteiger partial charge in [-0.3, -0.25) is 4.72 Å². The molecule has 0 spiro atoms. The maximum atomic E-state index is 12.8. The second-order valence-corrected chi connectivity index (χ2v) is 8.42. The number of nitrogens with zero attached hydrogens (tertiary/aromatic N) is 1. The van der Waals surface area contributed by atoms with Gasteiger partial charge in [0.2, 0.25) is 0 Å². The molecule has 28 heavy (non-hydrogen) atoms. The van der Waals surface area contributed by atoms with Crippen molar-refractivity contribution >= 4 is 32.6 Å². The van der Waals surface area contributed by atoms with Crippen LogP contribution in [0.3, 0.4) is 0 Å². The summed E-state index contributed by atoms with van der Waals surface area (Å²) in [6, 6.07) is 18.1. The van der Waals surface area contributed by atoms with E-state index in [0.717, 1.165) is 21.9 Å². The van der Waals surface area contributed by atoms with Crippen molar-refractivity contribution in [1.29, 1.82) is 0 Å². The molecule has 144 valence electrons. The molecule has 0 atom stereocenters. The van der Waals surface area contributed by atoms with Gasteiger partial charge in [0.25, 0.3) is 10.0 Å². The largest absolute Gasteiger partial charge is 0.453 e. The maximum Gasteiger partial charge on any atom is 0.409 e. The lowest BCUT2D eigenvalue weighted by molar-refractivity contribution is 0.118. The highest BCUT2D eigenvalue weighted by Crippen LogP contribution is 2.26. The van der Waals surface area contributed by atoms with Crippen LogP contribution in [0, 0.1) is 0 Å². The number of amides is 1. The molecule has 0 saturated heterocycles. The predicted molar refractivity (Wildman–Crippen MR) is 108 cm³/mol. The van der Waals surface area contributed by atoms with Crippen LogP contribution < -0.4 is 4.72 Å². The van der Waals surface area contributed by atoms with Crippen molar-refractivity contribution in [3.05, 3.63) is 71.8 Å². The van der Waals surface area contributed by atoms with Crippen LogP contribution in [-0.2, 0) is 27.7 Å². The number of sulfonamides is 1. The van der Waals surface area contributed by atoms with E-state index < -0.39 is 10.0 Å². The average molecular weight is 396 g/mol. The van der Waals surface area contributed by atoms with Crippen molar-refractivity contribution in [1.82, 2.24) is 4.90 Å². The van der Waals surface area contributed by atoms with E-state index in [4.69, 9.17) is 4.74 Å². The van der Waals surface area contributed by atoms with Crippen LogP contribution in [0.5, 0.6) is 0 Å². The lowest BCUT2D eigenvalue weighted by atomic mass is 9.99. The van der Waals surface area contributed by atoms with Gasteiger partial charge >= 0.3 is 6.09 Å². The van der Waals surface area contributed by atoms with Crippen molar-refractivity contribution in [2.24, 2.45) is 0 Å². The lowest BCUT2D eigenvalue weighted by Crippen LogP contribution is -2.35. The number of carbonyl (C=O) groups is 1. The summed E-state index contributed by atoms with van der Waals surface area (Å²) in [7, 11) is -2.37. The fraction of sp³-hybridized carbons (Fsp3) is 0.190. The van der Waals surface area contributed by atoms with Crippen molar-refractivity contribution in [3.8, 4) is 0 Å². The Hall–Kier alpha value is -3.06. The van der Waals surface area contributed by atoms with Gasteiger partial charge in [0.15, 0.2) is 0 Å². The summed E-state index contributed by atoms with van der Waals surface area (Å²) in [6.07, 6.45) is 0.329. The van der Waals surface area contributed by atoms with E-state index in [-0.39, 0.29) is 11.0 Å². The van der Waals surface area contributed by atoms with Crippen molar-refractivity contribution in [2.75, 3.05) is 18.4 Å². The number of anilines is 1. The van der Waals surface area contributed by atoms with Crippen LogP contribution in [0.1, 0.15) is 11.1 Å². The van der Waals surface area contributed by atoms with E-state index in [1.165, 1.54) is 7.11 Å². The fourth-order valence-electron chi connectivity index (χ4n) is 3.45. The molecule has 1 amide bonds. The molecular weight excluding hydrogens is 376 g/mol. The molecule has 3 aromatic carbocycles. The van der Waals surface area contributed by atoms with Gasteiger partial charge in [-0.25, -0.2) is 13.2 Å². The van der Waals surface area contributed by atoms with Crippen LogP contribution in [0.4, 0.5) is 10.5 Å². The Labute approximate surface area is 163 Å². The summed E-state index contributed by atoms with van der Waals surface area (Å²) in [5.41, 5.74) is 2.49. The molecule has 1 aliphatic heterocycles. The first-order valence-corrected chi connectivity index (χ1v) is 10.4. The molecule has 0 unspecified atom stereocenters. The smallest absolute Gasteiger partial charge is 0.409 e. The zero-order valence-corrected chi connectivity index (χ0v) is 16.2. The molecule has 0 radical (unpaired) electrons. The molecule has 1 heterocycles. The number of rotatable bonds is 3. The molecular formula is C21H20N2O4S. The highest BCUT2D eigenvalue weighted by atomic mass is 32.2. The molecule has 0 bridgehead atoms. The topological polar surface area (TPSA) is 75.7 Å². The SMILES string of the molecule is COC(=O)N1CCc2ccc(NS(=O)(=O)c3ccc4ccccc4c3)cc2C1. The minimum Gasteiger partial charge on any atom is -0.453 e. The Bertz CT molecular complexity index is 1160. The van der Waals surface area contributed by atoms with Gasteiger partial charge < -0.3 is 9.64 Å². The van der Waals surface area contributed by atoms with Gasteiger partial charge in [-0.1, -0.05) is 36.4 Å². The van der Waals surface area contributed by atoms with E-state index in [2.05, 4.69) is 4.72 Å². The first kappa shape index (κ1) is 18.3. The minimum absolute atomic E-state index is 0.208. The number of hydrogen-bond donors (Lipinski definition) is 1. The van der Waals surface area contributed by atoms with Crippen LogP contribution in [-0.4, -0.2) is 33.1 Å². The minimum atomic E-state index is -3.72. The van der Waals surface area contributed by atoms with Crippen molar-refractivity contribution in [2.45, 2.75) is 17.9 Å². The highest BCUT2D eigenvalue weighted by Gasteiger charge is 2.22. The van der Waals surface area contributed by atoms with Crippen LogP contribution >= 0.6 is 0 Å². The Balaban J connectivity index is 1.60. The zero-order valence-electron chi connectivity index (χ0n) is 15.4. The predicted octanol–water partition coefficient (Wildman–Crippen LogP) is 3.77. The Kier molecular flexibility index (Phi) is 4.68. The molecule has 3 aromatic rings. The second kappa shape index (κ2) is 7.16. The van der Waals surface area contributed by atoms with E-state index in [0.29, 0.717) is 25.2 Å². The van der Waals surface area contributed by atoms with Crippen LogP contribution in [0.2, 0.25) is 0 Å². The summed E-state index contributed by atoms with van der Waals surface area (Å²) < 4.78 is 33.1. The van der Waals surface area contributed by atoms with Gasteiger partial charge in [0.05, 0.1) is 12.0 Å². The number of benzene rings is 3. The summed E-state index contributed by atoms with van der Waals surface area (Å²) in [6.45, 7) is 0.982. The van der Waals surface area contributed by atoms with E-state index >= 15 is 0 Å². The Morgan fingerprint density at radius 1 is 1.00 bits per heavy atom. The third-order valence-corrected chi connectivity index (χ3v) is 6.31. The molecule has 1 aliphatic rings. The quantitative estimate of drug-likeness (QED) is 0.731. The van der Waals surface area contributed by atoms with Gasteiger partial charge in [-0.15, -0.1) is 0 Å². The summed E-state index contributed by atoms with van der Waals surface area (Å²) in [5, 5.41) is 1.85. The molecule has 7 heteroatoms. The standard InChI is InChI=1S/C21H20N2O4S/c1-27-21(24)23-11-10-16-6-8-19(12-18(16)14-23)22-28(25,26)20-9-7-15-4-2-3-5-17(15)13-20/h2-9,12-13,22H,10-11,14H2,1H3. The van der Waals surface area contributed by atoms with Crippen LogP contribution in [0.25, 0.3) is 10.8 Å². The van der Waals surface area contributed by atoms with E-state index in [1.807, 2.05) is 30.3 Å². The monoisotopic (exact) mass is 396 g/mol. The number of methoxy groups -OCH3 is 1. The number of carbonyl (C=O) groups excluding carboxylic acids is 1. The van der Waals surface area contributed by atoms with Gasteiger partial charge in [-0.2, -0.15) is 0 Å². The average Bonchev–Trinajstić information content (AvgIpc) is 2.72. The van der Waals surface area contributed by atoms with Crippen molar-refractivity contribution in [3.63, 3.8) is 0 Å². The first-order chi connectivity index (χ1) is 13.5. The molecule has 1 N–H and O–H groups in total. The van der Waals surface area contributed by atoms with Crippen LogP contribution in [0.15, 0.2) is 65.6 Å². The number of fused-ring (bicyclic) bond motifs is 2. The molecule has 0 aromatic heterocycles. The third-order valence-electron chi connectivity index (χ3n) is 4.93. The Morgan fingerprint density at radius 2 is 1.79 bits per heavy atom. The first-order valence-electron chi connectivity index (χ1n) is 8.92. The number of hydrogen-bond acceptors (Lipinski definition) is 4. The summed E-state index contributed by atoms with van der Waals surface area (Å²) in [4.78, 5) is 13.6. The molecule has 6 nitrogen and oxygen atoms in total.